The number of nitrogens with zero attached hydrogens (tertiary/aromatic N) is 4. The van der Waals surface area contributed by atoms with Crippen LogP contribution in [0, 0.1) is 10.1 Å². The van der Waals surface area contributed by atoms with Crippen LogP contribution in [-0.4, -0.2) is 48.7 Å². The molecule has 0 aromatic carbocycles. The van der Waals surface area contributed by atoms with Crippen LogP contribution in [0.25, 0.3) is 0 Å². The number of nitrogens with one attached hydrogen (secondary N) is 1. The van der Waals surface area contributed by atoms with Gasteiger partial charge in [-0.15, -0.1) is 0 Å². The van der Waals surface area contributed by atoms with Crippen molar-refractivity contribution in [1.29, 1.82) is 0 Å². The van der Waals surface area contributed by atoms with Gasteiger partial charge in [0.1, 0.15) is 6.20 Å². The smallest absolute Gasteiger partial charge is 0.329 e. The zero-order chi connectivity index (χ0) is 13.5. The van der Waals surface area contributed by atoms with Gasteiger partial charge in [0.25, 0.3) is 0 Å². The molecule has 0 bridgehead atoms. The first-order valence-electron chi connectivity index (χ1n) is 5.58. The summed E-state index contributed by atoms with van der Waals surface area (Å²) in [7, 11) is 3.39. The first-order valence-corrected chi connectivity index (χ1v) is 5.58. The molecule has 1 N–H and O–H groups in total. The summed E-state index contributed by atoms with van der Waals surface area (Å²) in [4.78, 5) is 20.0. The SMILES string of the molecule is CCOCCN(C)c1nc(NC)ncc1[N+](=O)[O-]. The fourth-order valence-electron chi connectivity index (χ4n) is 1.35. The average Bonchev–Trinajstić information content (AvgIpc) is 2.38. The van der Waals surface area contributed by atoms with Gasteiger partial charge in [0, 0.05) is 27.2 Å². The summed E-state index contributed by atoms with van der Waals surface area (Å²) < 4.78 is 5.21. The van der Waals surface area contributed by atoms with E-state index in [2.05, 4.69) is 15.3 Å². The minimum Gasteiger partial charge on any atom is -0.380 e. The minimum absolute atomic E-state index is 0.118. The summed E-state index contributed by atoms with van der Waals surface area (Å²) in [6.45, 7) is 3.52. The minimum atomic E-state index is -0.494. The van der Waals surface area contributed by atoms with Crippen LogP contribution in [0.2, 0.25) is 0 Å². The number of hydrogen-bond acceptors (Lipinski definition) is 7. The Labute approximate surface area is 105 Å². The van der Waals surface area contributed by atoms with E-state index in [1.54, 1.807) is 19.0 Å². The number of likely N-dealkylation sites (N-methyl/N-ethyl adjacent to an activating group) is 1. The molecule has 0 aliphatic heterocycles. The van der Waals surface area contributed by atoms with Crippen LogP contribution in [0.5, 0.6) is 0 Å². The van der Waals surface area contributed by atoms with Gasteiger partial charge in [0.05, 0.1) is 11.5 Å². The molecule has 1 heterocycles. The van der Waals surface area contributed by atoms with Crippen molar-refractivity contribution in [3.05, 3.63) is 16.3 Å². The van der Waals surface area contributed by atoms with Crippen LogP contribution in [0.15, 0.2) is 6.20 Å². The molecule has 0 atom stereocenters. The molecule has 0 saturated carbocycles. The third kappa shape index (κ3) is 3.52. The summed E-state index contributed by atoms with van der Waals surface area (Å²) in [5, 5.41) is 13.7. The van der Waals surface area contributed by atoms with E-state index >= 15 is 0 Å². The molecule has 0 amide bonds. The monoisotopic (exact) mass is 255 g/mol. The van der Waals surface area contributed by atoms with Crippen molar-refractivity contribution in [1.82, 2.24) is 9.97 Å². The van der Waals surface area contributed by atoms with Gasteiger partial charge in [0.2, 0.25) is 11.8 Å². The van der Waals surface area contributed by atoms with Gasteiger partial charge in [-0.2, -0.15) is 4.98 Å². The maximum atomic E-state index is 10.9. The van der Waals surface area contributed by atoms with Gasteiger partial charge in [0.15, 0.2) is 0 Å². The predicted octanol–water partition coefficient (Wildman–Crippen LogP) is 0.899. The second-order valence-electron chi connectivity index (χ2n) is 3.53. The Bertz CT molecular complexity index is 412. The molecule has 1 rings (SSSR count). The van der Waals surface area contributed by atoms with Gasteiger partial charge in [-0.3, -0.25) is 10.1 Å². The number of hydrogen-bond donors (Lipinski definition) is 1. The van der Waals surface area contributed by atoms with E-state index in [0.717, 1.165) is 0 Å². The highest BCUT2D eigenvalue weighted by Gasteiger charge is 2.20. The van der Waals surface area contributed by atoms with E-state index in [-0.39, 0.29) is 11.5 Å². The van der Waals surface area contributed by atoms with E-state index in [1.165, 1.54) is 6.20 Å². The fourth-order valence-corrected chi connectivity index (χ4v) is 1.35. The van der Waals surface area contributed by atoms with E-state index in [0.29, 0.717) is 25.7 Å². The number of rotatable bonds is 7. The Balaban J connectivity index is 2.92. The third-order valence-electron chi connectivity index (χ3n) is 2.31. The van der Waals surface area contributed by atoms with Crippen LogP contribution in [-0.2, 0) is 4.74 Å². The van der Waals surface area contributed by atoms with Crippen LogP contribution in [0.4, 0.5) is 17.5 Å². The second kappa shape index (κ2) is 6.70. The van der Waals surface area contributed by atoms with Gasteiger partial charge in [-0.1, -0.05) is 0 Å². The van der Waals surface area contributed by atoms with E-state index in [9.17, 15) is 10.1 Å². The molecule has 0 aliphatic rings. The molecular formula is C10H17N5O3. The van der Waals surface area contributed by atoms with E-state index in [4.69, 9.17) is 4.74 Å². The first-order chi connectivity index (χ1) is 8.60. The largest absolute Gasteiger partial charge is 0.380 e. The molecule has 1 aromatic rings. The average molecular weight is 255 g/mol. The standard InChI is InChI=1S/C10H17N5O3/c1-4-18-6-5-14(3)9-8(15(16)17)7-12-10(11-2)13-9/h7H,4-6H2,1-3H3,(H,11,12,13). The van der Waals surface area contributed by atoms with Crippen molar-refractivity contribution in [2.45, 2.75) is 6.92 Å². The molecule has 8 nitrogen and oxygen atoms in total. The highest BCUT2D eigenvalue weighted by atomic mass is 16.6. The third-order valence-corrected chi connectivity index (χ3v) is 2.31. The highest BCUT2D eigenvalue weighted by Crippen LogP contribution is 2.24. The van der Waals surface area contributed by atoms with Crippen LogP contribution in [0.1, 0.15) is 6.92 Å². The maximum Gasteiger partial charge on any atom is 0.329 e. The van der Waals surface area contributed by atoms with Crippen molar-refractivity contribution in [2.75, 3.05) is 44.1 Å². The second-order valence-corrected chi connectivity index (χ2v) is 3.53. The molecular weight excluding hydrogens is 238 g/mol. The first kappa shape index (κ1) is 14.1. The van der Waals surface area contributed by atoms with Gasteiger partial charge >= 0.3 is 5.69 Å². The van der Waals surface area contributed by atoms with E-state index < -0.39 is 4.92 Å². The summed E-state index contributed by atoms with van der Waals surface area (Å²) in [5.41, 5.74) is -0.118. The van der Waals surface area contributed by atoms with Gasteiger partial charge in [-0.05, 0) is 6.92 Å². The van der Waals surface area contributed by atoms with Crippen molar-refractivity contribution in [2.24, 2.45) is 0 Å². The summed E-state index contributed by atoms with van der Waals surface area (Å²) in [6, 6.07) is 0. The Kier molecular flexibility index (Phi) is 5.25. The summed E-state index contributed by atoms with van der Waals surface area (Å²) in [6.07, 6.45) is 1.20. The van der Waals surface area contributed by atoms with Crippen molar-refractivity contribution < 1.29 is 9.66 Å². The Hall–Kier alpha value is -1.96. The lowest BCUT2D eigenvalue weighted by atomic mass is 10.4. The Morgan fingerprint density at radius 2 is 2.33 bits per heavy atom. The maximum absolute atomic E-state index is 10.9. The van der Waals surface area contributed by atoms with Crippen LogP contribution < -0.4 is 10.2 Å². The molecule has 0 spiro atoms. The Morgan fingerprint density at radius 3 is 2.89 bits per heavy atom. The molecule has 0 unspecified atom stereocenters. The Morgan fingerprint density at radius 1 is 1.61 bits per heavy atom. The van der Waals surface area contributed by atoms with Crippen molar-refractivity contribution >= 4 is 17.5 Å². The lowest BCUT2D eigenvalue weighted by molar-refractivity contribution is -0.384. The van der Waals surface area contributed by atoms with Crippen molar-refractivity contribution in [3.8, 4) is 0 Å². The normalized spacial score (nSPS) is 10.2. The summed E-state index contributed by atoms with van der Waals surface area (Å²) in [5.74, 6) is 0.623. The summed E-state index contributed by atoms with van der Waals surface area (Å²) >= 11 is 0. The van der Waals surface area contributed by atoms with Crippen LogP contribution in [0.3, 0.4) is 0 Å². The van der Waals surface area contributed by atoms with E-state index in [1.807, 2.05) is 6.92 Å². The lowest BCUT2D eigenvalue weighted by Crippen LogP contribution is -2.25. The zero-order valence-corrected chi connectivity index (χ0v) is 10.7. The molecule has 100 valence electrons. The fraction of sp³-hybridized carbons (Fsp3) is 0.600. The molecule has 18 heavy (non-hydrogen) atoms. The number of nitro groups is 1. The molecule has 0 radical (unpaired) electrons. The molecule has 0 saturated heterocycles. The molecule has 8 heteroatoms. The van der Waals surface area contributed by atoms with Crippen LogP contribution >= 0.6 is 0 Å². The zero-order valence-electron chi connectivity index (χ0n) is 10.7. The topological polar surface area (TPSA) is 93.4 Å². The van der Waals surface area contributed by atoms with Gasteiger partial charge in [-0.25, -0.2) is 4.98 Å². The molecule has 1 aromatic heterocycles. The molecule has 0 aliphatic carbocycles. The molecule has 0 fully saturated rings. The quantitative estimate of drug-likeness (QED) is 0.439. The van der Waals surface area contributed by atoms with Crippen molar-refractivity contribution in [3.63, 3.8) is 0 Å². The number of aromatic nitrogens is 2. The number of ether oxygens (including phenoxy) is 1. The highest BCUT2D eigenvalue weighted by molar-refractivity contribution is 5.58. The lowest BCUT2D eigenvalue weighted by Gasteiger charge is -2.17. The predicted molar refractivity (Wildman–Crippen MR) is 68.0 cm³/mol. The number of anilines is 2. The van der Waals surface area contributed by atoms with Gasteiger partial charge < -0.3 is 15.0 Å².